The highest BCUT2D eigenvalue weighted by molar-refractivity contribution is 5.78. The smallest absolute Gasteiger partial charge is 0.408 e. The summed E-state index contributed by atoms with van der Waals surface area (Å²) in [5.41, 5.74) is -0.136. The molecular formula is C25H39NO5. The molecule has 0 aromatic heterocycles. The van der Waals surface area contributed by atoms with E-state index >= 15 is 0 Å². The number of cyclic esters (lactones) is 1. The van der Waals surface area contributed by atoms with Gasteiger partial charge in [-0.1, -0.05) is 44.2 Å². The quantitative estimate of drug-likeness (QED) is 0.426. The van der Waals surface area contributed by atoms with Crippen LogP contribution in [0.1, 0.15) is 73.3 Å². The average Bonchev–Trinajstić information content (AvgIpc) is 2.90. The van der Waals surface area contributed by atoms with Gasteiger partial charge in [0.1, 0.15) is 11.7 Å². The van der Waals surface area contributed by atoms with E-state index in [1.807, 2.05) is 65.0 Å². The Hall–Kier alpha value is -2.08. The topological polar surface area (TPSA) is 73.9 Å². The Morgan fingerprint density at radius 3 is 2.39 bits per heavy atom. The summed E-state index contributed by atoms with van der Waals surface area (Å²) in [4.78, 5) is 24.7. The number of nitrogens with one attached hydrogen (secondary N) is 1. The second-order valence-electron chi connectivity index (χ2n) is 10.9. The van der Waals surface area contributed by atoms with Crippen molar-refractivity contribution in [3.63, 3.8) is 0 Å². The fourth-order valence-corrected chi connectivity index (χ4v) is 3.69. The molecule has 0 aliphatic carbocycles. The van der Waals surface area contributed by atoms with Crippen molar-refractivity contribution in [2.45, 2.75) is 92.1 Å². The molecule has 0 radical (unpaired) electrons. The first-order chi connectivity index (χ1) is 14.3. The largest absolute Gasteiger partial charge is 0.460 e. The molecule has 1 aromatic rings. The lowest BCUT2D eigenvalue weighted by atomic mass is 9.79. The van der Waals surface area contributed by atoms with Gasteiger partial charge < -0.3 is 19.5 Å². The average molecular weight is 434 g/mol. The van der Waals surface area contributed by atoms with E-state index in [-0.39, 0.29) is 23.5 Å². The van der Waals surface area contributed by atoms with Crippen molar-refractivity contribution in [1.82, 2.24) is 5.32 Å². The molecule has 1 heterocycles. The van der Waals surface area contributed by atoms with E-state index in [9.17, 15) is 9.59 Å². The zero-order valence-corrected chi connectivity index (χ0v) is 20.1. The van der Waals surface area contributed by atoms with E-state index in [1.165, 1.54) is 0 Å². The van der Waals surface area contributed by atoms with Crippen molar-refractivity contribution in [1.29, 1.82) is 0 Å². The maximum absolute atomic E-state index is 12.5. The predicted molar refractivity (Wildman–Crippen MR) is 121 cm³/mol. The summed E-state index contributed by atoms with van der Waals surface area (Å²) in [6.45, 7) is 14.7. The molecule has 1 saturated heterocycles. The number of amides is 1. The summed E-state index contributed by atoms with van der Waals surface area (Å²) in [7, 11) is 0. The van der Waals surface area contributed by atoms with Crippen molar-refractivity contribution in [3.05, 3.63) is 35.9 Å². The van der Waals surface area contributed by atoms with Gasteiger partial charge in [0.05, 0.1) is 18.1 Å². The molecule has 1 aromatic carbocycles. The van der Waals surface area contributed by atoms with Crippen molar-refractivity contribution in [3.8, 4) is 0 Å². The van der Waals surface area contributed by atoms with E-state index in [1.54, 1.807) is 0 Å². The zero-order chi connectivity index (χ0) is 23.3. The van der Waals surface area contributed by atoms with Gasteiger partial charge >= 0.3 is 12.1 Å². The number of esters is 1. The summed E-state index contributed by atoms with van der Waals surface area (Å²) in [6, 6.07) is 9.75. The summed E-state index contributed by atoms with van der Waals surface area (Å²) < 4.78 is 17.0. The monoisotopic (exact) mass is 433 g/mol. The number of alkyl carbamates (subject to hydrolysis) is 1. The van der Waals surface area contributed by atoms with Gasteiger partial charge in [-0.2, -0.15) is 0 Å². The van der Waals surface area contributed by atoms with E-state index in [0.717, 1.165) is 12.0 Å². The van der Waals surface area contributed by atoms with Gasteiger partial charge in [-0.15, -0.1) is 0 Å². The first kappa shape index (κ1) is 25.2. The molecule has 31 heavy (non-hydrogen) atoms. The summed E-state index contributed by atoms with van der Waals surface area (Å²) >= 11 is 0. The number of rotatable bonds is 9. The maximum atomic E-state index is 12.5. The van der Waals surface area contributed by atoms with Crippen molar-refractivity contribution >= 4 is 12.1 Å². The molecule has 6 heteroatoms. The minimum absolute atomic E-state index is 0.129. The van der Waals surface area contributed by atoms with E-state index < -0.39 is 17.1 Å². The van der Waals surface area contributed by atoms with Crippen LogP contribution in [-0.2, 0) is 25.6 Å². The molecular weight excluding hydrogens is 394 g/mol. The van der Waals surface area contributed by atoms with Gasteiger partial charge in [-0.25, -0.2) is 4.79 Å². The van der Waals surface area contributed by atoms with Gasteiger partial charge in [-0.05, 0) is 58.4 Å². The molecule has 174 valence electrons. The third-order valence-corrected chi connectivity index (χ3v) is 5.48. The number of benzene rings is 1. The maximum Gasteiger partial charge on any atom is 0.408 e. The summed E-state index contributed by atoms with van der Waals surface area (Å²) in [6.07, 6.45) is 1.16. The normalized spacial score (nSPS) is 19.6. The molecule has 0 spiro atoms. The molecule has 1 fully saturated rings. The molecule has 2 atom stereocenters. The molecule has 0 saturated carbocycles. The predicted octanol–water partition coefficient (Wildman–Crippen LogP) is 5.24. The van der Waals surface area contributed by atoms with Gasteiger partial charge in [0.25, 0.3) is 0 Å². The molecule has 0 unspecified atom stereocenters. The Balaban J connectivity index is 1.97. The third-order valence-electron chi connectivity index (χ3n) is 5.48. The van der Waals surface area contributed by atoms with Gasteiger partial charge in [0, 0.05) is 13.0 Å². The Bertz CT molecular complexity index is 736. The second-order valence-corrected chi connectivity index (χ2v) is 10.9. The molecule has 1 aliphatic rings. The fraction of sp³-hybridized carbons (Fsp3) is 0.680. The SMILES string of the molecule is CC(C)(CCOCc1ccccc1)C[C@H](NC(=O)OC(C)(C)C)[C@@H]1CC(C)(C)C(=O)O1. The highest BCUT2D eigenvalue weighted by Gasteiger charge is 2.46. The van der Waals surface area contributed by atoms with E-state index in [2.05, 4.69) is 19.2 Å². The van der Waals surface area contributed by atoms with Crippen LogP contribution in [0, 0.1) is 10.8 Å². The first-order valence-corrected chi connectivity index (χ1v) is 11.1. The number of hydrogen-bond acceptors (Lipinski definition) is 5. The Kier molecular flexibility index (Phi) is 8.15. The lowest BCUT2D eigenvalue weighted by Gasteiger charge is -2.33. The van der Waals surface area contributed by atoms with Gasteiger partial charge in [0.15, 0.2) is 0 Å². The lowest BCUT2D eigenvalue weighted by Crippen LogP contribution is -2.47. The molecule has 1 amide bonds. The Morgan fingerprint density at radius 1 is 1.19 bits per heavy atom. The summed E-state index contributed by atoms with van der Waals surface area (Å²) in [5.74, 6) is -0.225. The third kappa shape index (κ3) is 8.52. The zero-order valence-electron chi connectivity index (χ0n) is 20.1. The molecule has 6 nitrogen and oxygen atoms in total. The number of hydrogen-bond donors (Lipinski definition) is 1. The van der Waals surface area contributed by atoms with E-state index in [4.69, 9.17) is 14.2 Å². The van der Waals surface area contributed by atoms with Crippen LogP contribution >= 0.6 is 0 Å². The first-order valence-electron chi connectivity index (χ1n) is 11.1. The van der Waals surface area contributed by atoms with E-state index in [0.29, 0.717) is 26.1 Å². The summed E-state index contributed by atoms with van der Waals surface area (Å²) in [5, 5.41) is 2.97. The van der Waals surface area contributed by atoms with Crippen molar-refractivity contribution in [2.24, 2.45) is 10.8 Å². The van der Waals surface area contributed by atoms with Gasteiger partial charge in [-0.3, -0.25) is 4.79 Å². The van der Waals surface area contributed by atoms with Crippen LogP contribution in [0.25, 0.3) is 0 Å². The minimum Gasteiger partial charge on any atom is -0.460 e. The number of ether oxygens (including phenoxy) is 3. The lowest BCUT2D eigenvalue weighted by molar-refractivity contribution is -0.148. The Morgan fingerprint density at radius 2 is 1.84 bits per heavy atom. The van der Waals surface area contributed by atoms with Crippen LogP contribution in [0.15, 0.2) is 30.3 Å². The minimum atomic E-state index is -0.596. The molecule has 1 N–H and O–H groups in total. The number of carbonyl (C=O) groups is 2. The van der Waals surface area contributed by atoms with Crippen LogP contribution in [0.2, 0.25) is 0 Å². The second kappa shape index (κ2) is 10.0. The molecule has 2 rings (SSSR count). The Labute approximate surface area is 187 Å². The fourth-order valence-electron chi connectivity index (χ4n) is 3.69. The highest BCUT2D eigenvalue weighted by Crippen LogP contribution is 2.38. The van der Waals surface area contributed by atoms with Crippen LogP contribution in [0.5, 0.6) is 0 Å². The standard InChI is InChI=1S/C25H39NO5/c1-23(2,3)31-22(28)26-19(20-16-25(6,7)21(27)30-20)15-24(4,5)13-14-29-17-18-11-9-8-10-12-18/h8-12,19-20H,13-17H2,1-7H3,(H,26,28)/t19-,20-/m0/s1. The number of carbonyl (C=O) groups excluding carboxylic acids is 2. The van der Waals surface area contributed by atoms with Crippen LogP contribution in [0.4, 0.5) is 4.79 Å². The van der Waals surface area contributed by atoms with Crippen LogP contribution in [0.3, 0.4) is 0 Å². The van der Waals surface area contributed by atoms with Crippen LogP contribution < -0.4 is 5.32 Å². The molecule has 0 bridgehead atoms. The van der Waals surface area contributed by atoms with Crippen molar-refractivity contribution < 1.29 is 23.8 Å². The van der Waals surface area contributed by atoms with Crippen LogP contribution in [-0.4, -0.2) is 36.4 Å². The molecule has 1 aliphatic heterocycles. The van der Waals surface area contributed by atoms with Gasteiger partial charge in [0.2, 0.25) is 0 Å². The van der Waals surface area contributed by atoms with Crippen molar-refractivity contribution in [2.75, 3.05) is 6.61 Å². The highest BCUT2D eigenvalue weighted by atomic mass is 16.6.